The van der Waals surface area contributed by atoms with Crippen molar-refractivity contribution in [2.24, 2.45) is 11.8 Å². The van der Waals surface area contributed by atoms with Crippen LogP contribution in [0.1, 0.15) is 195 Å². The molecule has 0 heterocycles. The maximum atomic E-state index is 12.4. The van der Waals surface area contributed by atoms with Gasteiger partial charge in [-0.3, -0.25) is 4.79 Å². The van der Waals surface area contributed by atoms with Crippen LogP contribution in [0.15, 0.2) is 0 Å². The van der Waals surface area contributed by atoms with Gasteiger partial charge in [0.25, 0.3) is 0 Å². The van der Waals surface area contributed by atoms with Crippen LogP contribution < -0.4 is 0 Å². The van der Waals surface area contributed by atoms with Crippen molar-refractivity contribution in [3.8, 4) is 0 Å². The van der Waals surface area contributed by atoms with Gasteiger partial charge in [-0.2, -0.15) is 0 Å². The van der Waals surface area contributed by atoms with Crippen molar-refractivity contribution in [1.82, 2.24) is 0 Å². The smallest absolute Gasteiger partial charge is 0.305 e. The molecule has 0 aliphatic carbocycles. The summed E-state index contributed by atoms with van der Waals surface area (Å²) in [6.07, 6.45) is 33.9. The topological polar surface area (TPSA) is 26.3 Å². The second kappa shape index (κ2) is 29.0. The maximum absolute atomic E-state index is 12.4. The molecule has 0 aliphatic rings. The standard InChI is InChI=1S/C34H68O2/c1-5-8-11-14-16-18-19-20-22-24-27-30-34(35)36-31-33(32(4)28-25-13-10-7-3)29-26-23-21-17-15-12-9-6-2/h32-33H,5-31H2,1-4H3. The van der Waals surface area contributed by atoms with E-state index in [9.17, 15) is 4.79 Å². The molecule has 0 spiro atoms. The number of hydrogen-bond donors (Lipinski definition) is 0. The molecule has 0 fully saturated rings. The molecule has 2 unspecified atom stereocenters. The third kappa shape index (κ3) is 25.1. The first-order chi connectivity index (χ1) is 17.7. The Bertz CT molecular complexity index is 433. The number of carbonyl (C=O) groups is 1. The first-order valence-corrected chi connectivity index (χ1v) is 16.8. The van der Waals surface area contributed by atoms with Crippen molar-refractivity contribution in [1.29, 1.82) is 0 Å². The maximum Gasteiger partial charge on any atom is 0.305 e. The number of ether oxygens (including phenoxy) is 1. The van der Waals surface area contributed by atoms with Crippen LogP contribution in [0.3, 0.4) is 0 Å². The highest BCUT2D eigenvalue weighted by Crippen LogP contribution is 2.25. The molecule has 216 valence electrons. The zero-order valence-corrected chi connectivity index (χ0v) is 25.6. The zero-order chi connectivity index (χ0) is 26.5. The van der Waals surface area contributed by atoms with Gasteiger partial charge in [-0.25, -0.2) is 0 Å². The van der Waals surface area contributed by atoms with Crippen LogP contribution in [0, 0.1) is 11.8 Å². The molecule has 0 bridgehead atoms. The molecule has 2 heteroatoms. The van der Waals surface area contributed by atoms with Gasteiger partial charge >= 0.3 is 5.97 Å². The van der Waals surface area contributed by atoms with Crippen molar-refractivity contribution in [2.45, 2.75) is 195 Å². The third-order valence-corrected chi connectivity index (χ3v) is 8.19. The van der Waals surface area contributed by atoms with E-state index in [0.29, 0.717) is 24.9 Å². The Labute approximate surface area is 228 Å². The van der Waals surface area contributed by atoms with E-state index in [0.717, 1.165) is 6.42 Å². The van der Waals surface area contributed by atoms with Gasteiger partial charge in [-0.15, -0.1) is 0 Å². The van der Waals surface area contributed by atoms with Crippen LogP contribution in [-0.4, -0.2) is 12.6 Å². The van der Waals surface area contributed by atoms with Gasteiger partial charge in [0.1, 0.15) is 0 Å². The van der Waals surface area contributed by atoms with Crippen LogP contribution >= 0.6 is 0 Å². The Hall–Kier alpha value is -0.530. The normalized spacial score (nSPS) is 13.1. The molecule has 36 heavy (non-hydrogen) atoms. The van der Waals surface area contributed by atoms with Crippen LogP contribution in [0.25, 0.3) is 0 Å². The average molecular weight is 509 g/mol. The first kappa shape index (κ1) is 35.5. The van der Waals surface area contributed by atoms with Gasteiger partial charge in [-0.1, -0.05) is 175 Å². The molecule has 2 atom stereocenters. The monoisotopic (exact) mass is 509 g/mol. The fraction of sp³-hybridized carbons (Fsp3) is 0.971. The lowest BCUT2D eigenvalue weighted by Crippen LogP contribution is -2.21. The molecule has 0 aromatic heterocycles. The van der Waals surface area contributed by atoms with E-state index in [-0.39, 0.29) is 5.97 Å². The summed E-state index contributed by atoms with van der Waals surface area (Å²) < 4.78 is 5.83. The summed E-state index contributed by atoms with van der Waals surface area (Å²) in [5.74, 6) is 1.26. The Morgan fingerprint density at radius 1 is 0.500 bits per heavy atom. The van der Waals surface area contributed by atoms with Crippen LogP contribution in [-0.2, 0) is 9.53 Å². The molecule has 0 radical (unpaired) electrons. The lowest BCUT2D eigenvalue weighted by molar-refractivity contribution is -0.145. The quantitative estimate of drug-likeness (QED) is 0.0741. The minimum absolute atomic E-state index is 0.0463. The Morgan fingerprint density at radius 2 is 0.861 bits per heavy atom. The van der Waals surface area contributed by atoms with E-state index in [1.807, 2.05) is 0 Å². The molecular formula is C34H68O2. The summed E-state index contributed by atoms with van der Waals surface area (Å²) in [4.78, 5) is 12.4. The van der Waals surface area contributed by atoms with Gasteiger partial charge in [0, 0.05) is 6.42 Å². The first-order valence-electron chi connectivity index (χ1n) is 16.8. The van der Waals surface area contributed by atoms with Crippen molar-refractivity contribution in [2.75, 3.05) is 6.61 Å². The average Bonchev–Trinajstić information content (AvgIpc) is 2.88. The Kier molecular flexibility index (Phi) is 28.6. The number of esters is 1. The fourth-order valence-corrected chi connectivity index (χ4v) is 5.41. The molecule has 0 aromatic carbocycles. The number of rotatable bonds is 29. The second-order valence-corrected chi connectivity index (χ2v) is 11.8. The highest BCUT2D eigenvalue weighted by Gasteiger charge is 2.19. The van der Waals surface area contributed by atoms with E-state index >= 15 is 0 Å². The van der Waals surface area contributed by atoms with Crippen LogP contribution in [0.5, 0.6) is 0 Å². The molecular weight excluding hydrogens is 440 g/mol. The van der Waals surface area contributed by atoms with Gasteiger partial charge < -0.3 is 4.74 Å². The summed E-state index contributed by atoms with van der Waals surface area (Å²) in [6.45, 7) is 9.90. The van der Waals surface area contributed by atoms with E-state index < -0.39 is 0 Å². The minimum Gasteiger partial charge on any atom is -0.465 e. The van der Waals surface area contributed by atoms with Gasteiger partial charge in [-0.05, 0) is 24.7 Å². The predicted octanol–water partition coefficient (Wildman–Crippen LogP) is 12.0. The highest BCUT2D eigenvalue weighted by molar-refractivity contribution is 5.69. The Morgan fingerprint density at radius 3 is 1.33 bits per heavy atom. The molecule has 0 saturated carbocycles. The fourth-order valence-electron chi connectivity index (χ4n) is 5.41. The van der Waals surface area contributed by atoms with Crippen molar-refractivity contribution in [3.63, 3.8) is 0 Å². The summed E-state index contributed by atoms with van der Waals surface area (Å²) >= 11 is 0. The number of carbonyl (C=O) groups excluding carboxylic acids is 1. The molecule has 0 aromatic rings. The molecule has 0 N–H and O–H groups in total. The second-order valence-electron chi connectivity index (χ2n) is 11.8. The van der Waals surface area contributed by atoms with E-state index in [2.05, 4.69) is 27.7 Å². The minimum atomic E-state index is 0.0463. The number of hydrogen-bond acceptors (Lipinski definition) is 2. The summed E-state index contributed by atoms with van der Waals surface area (Å²) in [7, 11) is 0. The highest BCUT2D eigenvalue weighted by atomic mass is 16.5. The summed E-state index contributed by atoms with van der Waals surface area (Å²) in [5.41, 5.74) is 0. The van der Waals surface area contributed by atoms with Gasteiger partial charge in [0.2, 0.25) is 0 Å². The SMILES string of the molecule is CCCCCCCCCCCCCC(=O)OCC(CCCCCCCCCC)C(C)CCCCCC. The molecule has 0 aliphatic heterocycles. The molecule has 0 rings (SSSR count). The zero-order valence-electron chi connectivity index (χ0n) is 25.6. The van der Waals surface area contributed by atoms with Gasteiger partial charge in [0.05, 0.1) is 6.61 Å². The van der Waals surface area contributed by atoms with Crippen LogP contribution in [0.2, 0.25) is 0 Å². The lowest BCUT2D eigenvalue weighted by Gasteiger charge is -2.24. The summed E-state index contributed by atoms with van der Waals surface area (Å²) in [5, 5.41) is 0. The van der Waals surface area contributed by atoms with Crippen molar-refractivity contribution in [3.05, 3.63) is 0 Å². The van der Waals surface area contributed by atoms with Gasteiger partial charge in [0.15, 0.2) is 0 Å². The van der Waals surface area contributed by atoms with Crippen molar-refractivity contribution >= 4 is 5.97 Å². The summed E-state index contributed by atoms with van der Waals surface area (Å²) in [6, 6.07) is 0. The largest absolute Gasteiger partial charge is 0.465 e. The predicted molar refractivity (Wildman–Crippen MR) is 161 cm³/mol. The Balaban J connectivity index is 4.02. The third-order valence-electron chi connectivity index (χ3n) is 8.19. The van der Waals surface area contributed by atoms with E-state index in [4.69, 9.17) is 4.74 Å². The number of unbranched alkanes of at least 4 members (excludes halogenated alkanes) is 20. The van der Waals surface area contributed by atoms with Crippen LogP contribution in [0.4, 0.5) is 0 Å². The molecule has 0 amide bonds. The van der Waals surface area contributed by atoms with E-state index in [1.54, 1.807) is 0 Å². The lowest BCUT2D eigenvalue weighted by atomic mass is 9.85. The molecule has 2 nitrogen and oxygen atoms in total. The molecule has 0 saturated heterocycles. The van der Waals surface area contributed by atoms with E-state index in [1.165, 1.54) is 154 Å². The van der Waals surface area contributed by atoms with Crippen molar-refractivity contribution < 1.29 is 9.53 Å².